The summed E-state index contributed by atoms with van der Waals surface area (Å²) in [6.45, 7) is 2.06. The Balaban J connectivity index is 1.58. The van der Waals surface area contributed by atoms with E-state index in [2.05, 4.69) is 35.4 Å². The van der Waals surface area contributed by atoms with Crippen LogP contribution in [0.1, 0.15) is 42.4 Å². The van der Waals surface area contributed by atoms with E-state index in [-0.39, 0.29) is 17.9 Å². The molecule has 0 saturated heterocycles. The Morgan fingerprint density at radius 1 is 0.912 bits per heavy atom. The van der Waals surface area contributed by atoms with Gasteiger partial charge in [0.1, 0.15) is 0 Å². The van der Waals surface area contributed by atoms with E-state index >= 15 is 0 Å². The number of aryl methyl sites for hydroxylation is 1. The van der Waals surface area contributed by atoms with Crippen molar-refractivity contribution in [2.45, 2.75) is 38.1 Å². The number of nitrogens with one attached hydrogen (secondary N) is 2. The van der Waals surface area contributed by atoms with Crippen LogP contribution < -0.4 is 14.8 Å². The number of aromatic nitrogens is 1. The number of aromatic amines is 1. The average molecular weight is 457 g/mol. The van der Waals surface area contributed by atoms with Gasteiger partial charge in [-0.25, -0.2) is 0 Å². The van der Waals surface area contributed by atoms with Crippen LogP contribution in [0, 0.1) is 0 Å². The maximum absolute atomic E-state index is 13.2. The van der Waals surface area contributed by atoms with Crippen molar-refractivity contribution >= 4 is 16.8 Å². The smallest absolute Gasteiger partial charge is 0.221 e. The third-order valence-electron chi connectivity index (χ3n) is 6.31. The molecule has 0 bridgehead atoms. The number of rotatable bonds is 10. The highest BCUT2D eigenvalue weighted by atomic mass is 16.5. The molecule has 0 saturated carbocycles. The molecule has 3 aromatic carbocycles. The highest BCUT2D eigenvalue weighted by Gasteiger charge is 2.26. The standard InChI is InChI=1S/C29H32N2O3/c1-20(16-17-21-10-5-4-6-11-21)31-28(32)18-24(23-13-9-15-27(33-2)29(23)34-3)25-19-30-26-14-8-7-12-22(25)26/h4-15,19-20,24,30H,16-18H2,1-3H3,(H,31,32)/t20-,24+/m0/s1. The van der Waals surface area contributed by atoms with Gasteiger partial charge in [-0.05, 0) is 43.0 Å². The lowest BCUT2D eigenvalue weighted by Gasteiger charge is -2.22. The second-order valence-electron chi connectivity index (χ2n) is 8.62. The van der Waals surface area contributed by atoms with E-state index in [9.17, 15) is 4.79 Å². The monoisotopic (exact) mass is 456 g/mol. The molecule has 0 aliphatic carbocycles. The zero-order chi connectivity index (χ0) is 23.9. The van der Waals surface area contributed by atoms with E-state index < -0.39 is 0 Å². The fourth-order valence-corrected chi connectivity index (χ4v) is 4.58. The van der Waals surface area contributed by atoms with Crippen LogP contribution in [-0.2, 0) is 11.2 Å². The van der Waals surface area contributed by atoms with Gasteiger partial charge in [-0.1, -0.05) is 60.7 Å². The number of hydrogen-bond acceptors (Lipinski definition) is 3. The second kappa shape index (κ2) is 10.9. The van der Waals surface area contributed by atoms with Gasteiger partial charge >= 0.3 is 0 Å². The van der Waals surface area contributed by atoms with E-state index in [1.165, 1.54) is 5.56 Å². The summed E-state index contributed by atoms with van der Waals surface area (Å²) >= 11 is 0. The molecule has 0 spiro atoms. The van der Waals surface area contributed by atoms with Crippen LogP contribution >= 0.6 is 0 Å². The van der Waals surface area contributed by atoms with Crippen LogP contribution in [0.3, 0.4) is 0 Å². The fraction of sp³-hybridized carbons (Fsp3) is 0.276. The highest BCUT2D eigenvalue weighted by molar-refractivity contribution is 5.86. The van der Waals surface area contributed by atoms with Crippen LogP contribution in [0.15, 0.2) is 79.0 Å². The summed E-state index contributed by atoms with van der Waals surface area (Å²) in [5.41, 5.74) is 4.32. The number of carbonyl (C=O) groups excluding carboxylic acids is 1. The summed E-state index contributed by atoms with van der Waals surface area (Å²) in [7, 11) is 3.27. The van der Waals surface area contributed by atoms with E-state index in [0.29, 0.717) is 17.9 Å². The quantitative estimate of drug-likeness (QED) is 0.315. The molecule has 2 atom stereocenters. The Morgan fingerprint density at radius 3 is 2.44 bits per heavy atom. The molecule has 5 nitrogen and oxygen atoms in total. The van der Waals surface area contributed by atoms with Crippen LogP contribution in [0.4, 0.5) is 0 Å². The average Bonchev–Trinajstić information content (AvgIpc) is 3.30. The van der Waals surface area contributed by atoms with Crippen molar-refractivity contribution in [1.29, 1.82) is 0 Å². The molecule has 1 aromatic heterocycles. The molecule has 0 fully saturated rings. The predicted molar refractivity (Wildman–Crippen MR) is 137 cm³/mol. The van der Waals surface area contributed by atoms with Crippen molar-refractivity contribution < 1.29 is 14.3 Å². The maximum atomic E-state index is 13.2. The molecule has 0 aliphatic heterocycles. The van der Waals surface area contributed by atoms with Crippen LogP contribution in [0.2, 0.25) is 0 Å². The molecule has 176 valence electrons. The van der Waals surface area contributed by atoms with E-state index in [0.717, 1.165) is 34.9 Å². The summed E-state index contributed by atoms with van der Waals surface area (Å²) in [5, 5.41) is 4.30. The summed E-state index contributed by atoms with van der Waals surface area (Å²) in [6.07, 6.45) is 4.12. The van der Waals surface area contributed by atoms with Gasteiger partial charge in [-0.2, -0.15) is 0 Å². The number of carbonyl (C=O) groups is 1. The number of para-hydroxylation sites is 2. The van der Waals surface area contributed by atoms with Crippen molar-refractivity contribution in [3.05, 3.63) is 95.7 Å². The minimum atomic E-state index is -0.192. The lowest BCUT2D eigenvalue weighted by atomic mass is 9.87. The summed E-state index contributed by atoms with van der Waals surface area (Å²) < 4.78 is 11.3. The fourth-order valence-electron chi connectivity index (χ4n) is 4.58. The number of hydrogen-bond donors (Lipinski definition) is 2. The van der Waals surface area contributed by atoms with Crippen LogP contribution in [-0.4, -0.2) is 31.2 Å². The summed E-state index contributed by atoms with van der Waals surface area (Å²) in [5.74, 6) is 1.13. The summed E-state index contributed by atoms with van der Waals surface area (Å²) in [4.78, 5) is 16.6. The van der Waals surface area contributed by atoms with Crippen molar-refractivity contribution in [1.82, 2.24) is 10.3 Å². The first kappa shape index (κ1) is 23.4. The molecule has 1 amide bonds. The van der Waals surface area contributed by atoms with Crippen LogP contribution in [0.25, 0.3) is 10.9 Å². The van der Waals surface area contributed by atoms with Gasteiger partial charge in [-0.3, -0.25) is 4.79 Å². The molecular formula is C29H32N2O3. The minimum absolute atomic E-state index is 0.0146. The maximum Gasteiger partial charge on any atom is 0.221 e. The lowest BCUT2D eigenvalue weighted by Crippen LogP contribution is -2.34. The zero-order valence-corrected chi connectivity index (χ0v) is 20.0. The van der Waals surface area contributed by atoms with E-state index in [4.69, 9.17) is 9.47 Å². The molecule has 4 aromatic rings. The van der Waals surface area contributed by atoms with Gasteiger partial charge in [-0.15, -0.1) is 0 Å². The van der Waals surface area contributed by atoms with Crippen molar-refractivity contribution in [2.75, 3.05) is 14.2 Å². The highest BCUT2D eigenvalue weighted by Crippen LogP contribution is 2.41. The van der Waals surface area contributed by atoms with Crippen molar-refractivity contribution in [3.63, 3.8) is 0 Å². The molecule has 0 aliphatic rings. The van der Waals surface area contributed by atoms with Crippen LogP contribution in [0.5, 0.6) is 11.5 Å². The Hall–Kier alpha value is -3.73. The first-order valence-corrected chi connectivity index (χ1v) is 11.7. The molecule has 5 heteroatoms. The number of H-pyrrole nitrogens is 1. The number of ether oxygens (including phenoxy) is 2. The number of fused-ring (bicyclic) bond motifs is 1. The molecule has 4 rings (SSSR count). The Labute approximate surface area is 201 Å². The van der Waals surface area contributed by atoms with Gasteiger partial charge in [0.05, 0.1) is 14.2 Å². The number of methoxy groups -OCH3 is 2. The predicted octanol–water partition coefficient (Wildman–Crippen LogP) is 5.84. The summed E-state index contributed by atoms with van der Waals surface area (Å²) in [6, 6.07) is 24.4. The topological polar surface area (TPSA) is 63.3 Å². The zero-order valence-electron chi connectivity index (χ0n) is 20.0. The number of amides is 1. The molecule has 0 radical (unpaired) electrons. The lowest BCUT2D eigenvalue weighted by molar-refractivity contribution is -0.121. The largest absolute Gasteiger partial charge is 0.493 e. The van der Waals surface area contributed by atoms with E-state index in [1.54, 1.807) is 14.2 Å². The minimum Gasteiger partial charge on any atom is -0.493 e. The molecular weight excluding hydrogens is 424 g/mol. The molecule has 2 N–H and O–H groups in total. The van der Waals surface area contributed by atoms with E-state index in [1.807, 2.05) is 60.8 Å². The van der Waals surface area contributed by atoms with Crippen molar-refractivity contribution in [2.24, 2.45) is 0 Å². The van der Waals surface area contributed by atoms with Gasteiger partial charge in [0.15, 0.2) is 11.5 Å². The molecule has 0 unspecified atom stereocenters. The second-order valence-corrected chi connectivity index (χ2v) is 8.62. The Bertz CT molecular complexity index is 1230. The van der Waals surface area contributed by atoms with Gasteiger partial charge in [0, 0.05) is 41.0 Å². The SMILES string of the molecule is COc1cccc([C@@H](CC(=O)N[C@@H](C)CCc2ccccc2)c2c[nH]c3ccccc23)c1OC. The Kier molecular flexibility index (Phi) is 7.53. The van der Waals surface area contributed by atoms with Gasteiger partial charge in [0.2, 0.25) is 5.91 Å². The molecule has 34 heavy (non-hydrogen) atoms. The molecule has 1 heterocycles. The van der Waals surface area contributed by atoms with Crippen molar-refractivity contribution in [3.8, 4) is 11.5 Å². The first-order valence-electron chi connectivity index (χ1n) is 11.7. The normalized spacial score (nSPS) is 12.8. The first-order chi connectivity index (χ1) is 16.6. The Morgan fingerprint density at radius 2 is 1.68 bits per heavy atom. The third-order valence-corrected chi connectivity index (χ3v) is 6.31. The third kappa shape index (κ3) is 5.25. The number of benzene rings is 3. The van der Waals surface area contributed by atoms with Gasteiger partial charge in [0.25, 0.3) is 0 Å². The van der Waals surface area contributed by atoms with Gasteiger partial charge < -0.3 is 19.8 Å².